The molecule has 1 aromatic carbocycles. The van der Waals surface area contributed by atoms with E-state index in [1.165, 1.54) is 12.2 Å². The molecule has 0 bridgehead atoms. The Hall–Kier alpha value is -1.79. The van der Waals surface area contributed by atoms with Gasteiger partial charge in [0.25, 0.3) is 0 Å². The third-order valence-electron chi connectivity index (χ3n) is 2.93. The van der Waals surface area contributed by atoms with Crippen molar-refractivity contribution in [3.8, 4) is 0 Å². The Morgan fingerprint density at radius 2 is 1.63 bits per heavy atom. The van der Waals surface area contributed by atoms with Gasteiger partial charge in [0, 0.05) is 17.7 Å². The minimum absolute atomic E-state index is 0.0824. The van der Waals surface area contributed by atoms with Crippen LogP contribution < -0.4 is 17.2 Å². The van der Waals surface area contributed by atoms with Crippen LogP contribution in [0.3, 0.4) is 0 Å². The second kappa shape index (κ2) is 4.40. The first kappa shape index (κ1) is 13.6. The van der Waals surface area contributed by atoms with Crippen LogP contribution >= 0.6 is 0 Å². The van der Waals surface area contributed by atoms with Crippen LogP contribution in [-0.4, -0.2) is 11.8 Å². The molecule has 6 heteroatoms. The summed E-state index contributed by atoms with van der Waals surface area (Å²) in [5.41, 5.74) is 15.5. The number of nitrogens with two attached hydrogens (primary N) is 3. The average Bonchev–Trinajstić information content (AvgIpc) is 2.28. The minimum atomic E-state index is -4.47. The van der Waals surface area contributed by atoms with E-state index >= 15 is 0 Å². The Balaban J connectivity index is 2.53. The highest BCUT2D eigenvalue weighted by Gasteiger charge is 2.40. The van der Waals surface area contributed by atoms with Crippen LogP contribution in [0, 0.1) is 0 Å². The van der Waals surface area contributed by atoms with Gasteiger partial charge in [-0.25, -0.2) is 0 Å². The number of hydrogen-bond acceptors (Lipinski definition) is 3. The fourth-order valence-electron chi connectivity index (χ4n) is 1.99. The van der Waals surface area contributed by atoms with E-state index in [2.05, 4.69) is 0 Å². The summed E-state index contributed by atoms with van der Waals surface area (Å²) in [5.74, 6) is 0. The molecule has 0 spiro atoms. The van der Waals surface area contributed by atoms with Gasteiger partial charge in [0.1, 0.15) is 0 Å². The summed E-state index contributed by atoms with van der Waals surface area (Å²) in [4.78, 5) is 0. The molecule has 0 unspecified atom stereocenters. The van der Waals surface area contributed by atoms with Crippen LogP contribution in [0.4, 0.5) is 18.9 Å². The predicted octanol–water partition coefficient (Wildman–Crippen LogP) is 2.16. The first-order valence-corrected chi connectivity index (χ1v) is 5.62. The summed E-state index contributed by atoms with van der Waals surface area (Å²) < 4.78 is 39.2. The Bertz CT molecular complexity index is 539. The molecule has 2 rings (SSSR count). The molecule has 0 saturated heterocycles. The van der Waals surface area contributed by atoms with Gasteiger partial charge in [0.05, 0.1) is 5.66 Å². The molecule has 1 aliphatic carbocycles. The number of benzene rings is 1. The molecular formula is C13H14F3N3. The highest BCUT2D eigenvalue weighted by molar-refractivity contribution is 5.79. The smallest absolute Gasteiger partial charge is 0.399 e. The van der Waals surface area contributed by atoms with Gasteiger partial charge in [0.2, 0.25) is 0 Å². The third kappa shape index (κ3) is 2.97. The molecule has 0 heterocycles. The second-order valence-corrected chi connectivity index (χ2v) is 4.63. The van der Waals surface area contributed by atoms with Crippen molar-refractivity contribution in [2.45, 2.75) is 18.3 Å². The molecule has 0 aromatic heterocycles. The lowest BCUT2D eigenvalue weighted by Crippen LogP contribution is -2.49. The van der Waals surface area contributed by atoms with Crippen LogP contribution in [0.25, 0.3) is 5.57 Å². The van der Waals surface area contributed by atoms with E-state index in [1.54, 1.807) is 24.3 Å². The van der Waals surface area contributed by atoms with Crippen molar-refractivity contribution in [2.24, 2.45) is 11.5 Å². The normalized spacial score (nSPS) is 18.8. The first-order chi connectivity index (χ1) is 8.69. The number of allylic oxidation sites excluding steroid dienone is 2. The van der Waals surface area contributed by atoms with Crippen molar-refractivity contribution in [2.75, 3.05) is 5.73 Å². The zero-order chi connectivity index (χ0) is 14.3. The number of nitrogen functional groups attached to an aromatic ring is 1. The minimum Gasteiger partial charge on any atom is -0.399 e. The summed E-state index contributed by atoms with van der Waals surface area (Å²) in [6.07, 6.45) is -2.22. The highest BCUT2D eigenvalue weighted by atomic mass is 19.4. The topological polar surface area (TPSA) is 78.1 Å². The maximum Gasteiger partial charge on any atom is 0.413 e. The van der Waals surface area contributed by atoms with Crippen molar-refractivity contribution >= 4 is 11.3 Å². The van der Waals surface area contributed by atoms with Gasteiger partial charge in [-0.1, -0.05) is 18.2 Å². The number of anilines is 1. The Kier molecular flexibility index (Phi) is 3.15. The zero-order valence-electron chi connectivity index (χ0n) is 10.0. The van der Waals surface area contributed by atoms with Gasteiger partial charge < -0.3 is 17.2 Å². The molecule has 0 saturated carbocycles. The van der Waals surface area contributed by atoms with Gasteiger partial charge in [-0.2, -0.15) is 13.2 Å². The van der Waals surface area contributed by atoms with Gasteiger partial charge in [-0.05, 0) is 29.3 Å². The fraction of sp³-hybridized carbons (Fsp3) is 0.231. The van der Waals surface area contributed by atoms with Crippen molar-refractivity contribution in [1.29, 1.82) is 0 Å². The van der Waals surface area contributed by atoms with Gasteiger partial charge in [-0.3, -0.25) is 0 Å². The van der Waals surface area contributed by atoms with E-state index in [0.717, 1.165) is 0 Å². The fourth-order valence-corrected chi connectivity index (χ4v) is 1.99. The molecule has 3 nitrogen and oxygen atoms in total. The summed E-state index contributed by atoms with van der Waals surface area (Å²) >= 11 is 0. The van der Waals surface area contributed by atoms with E-state index in [1.807, 2.05) is 0 Å². The molecule has 102 valence electrons. The van der Waals surface area contributed by atoms with Crippen LogP contribution in [-0.2, 0) is 0 Å². The molecule has 0 fully saturated rings. The van der Waals surface area contributed by atoms with Crippen LogP contribution in [0.15, 0.2) is 42.0 Å². The SMILES string of the molecule is Nc1ccc(C2=C(C(F)(F)F)CC(N)(N)C=C2)cc1. The molecule has 0 amide bonds. The number of alkyl halides is 3. The largest absolute Gasteiger partial charge is 0.413 e. The second-order valence-electron chi connectivity index (χ2n) is 4.63. The Labute approximate surface area is 108 Å². The highest BCUT2D eigenvalue weighted by Crippen LogP contribution is 2.39. The quantitative estimate of drug-likeness (QED) is 0.540. The molecule has 1 aromatic rings. The molecular weight excluding hydrogens is 255 g/mol. The van der Waals surface area contributed by atoms with Crippen molar-refractivity contribution in [3.63, 3.8) is 0 Å². The zero-order valence-corrected chi connectivity index (χ0v) is 10.0. The number of rotatable bonds is 1. The Morgan fingerprint density at radius 1 is 1.05 bits per heavy atom. The van der Waals surface area contributed by atoms with Crippen molar-refractivity contribution in [1.82, 2.24) is 0 Å². The van der Waals surface area contributed by atoms with Gasteiger partial charge in [0.15, 0.2) is 0 Å². The van der Waals surface area contributed by atoms with Crippen molar-refractivity contribution < 1.29 is 13.2 Å². The van der Waals surface area contributed by atoms with E-state index in [0.29, 0.717) is 11.3 Å². The first-order valence-electron chi connectivity index (χ1n) is 5.62. The Morgan fingerprint density at radius 3 is 2.16 bits per heavy atom. The third-order valence-corrected chi connectivity index (χ3v) is 2.93. The molecule has 0 aliphatic heterocycles. The number of hydrogen-bond donors (Lipinski definition) is 3. The van der Waals surface area contributed by atoms with Crippen LogP contribution in [0.2, 0.25) is 0 Å². The van der Waals surface area contributed by atoms with Gasteiger partial charge in [-0.15, -0.1) is 0 Å². The van der Waals surface area contributed by atoms with Gasteiger partial charge >= 0.3 is 6.18 Å². The summed E-state index contributed by atoms with van der Waals surface area (Å²) in [7, 11) is 0. The lowest BCUT2D eigenvalue weighted by molar-refractivity contribution is -0.0947. The lowest BCUT2D eigenvalue weighted by atomic mass is 9.87. The van der Waals surface area contributed by atoms with E-state index < -0.39 is 23.8 Å². The van der Waals surface area contributed by atoms with E-state index in [4.69, 9.17) is 17.2 Å². The maximum atomic E-state index is 13.1. The molecule has 0 radical (unpaired) electrons. The number of halogens is 3. The van der Waals surface area contributed by atoms with Crippen LogP contribution in [0.1, 0.15) is 12.0 Å². The summed E-state index contributed by atoms with van der Waals surface area (Å²) in [6, 6.07) is 6.19. The molecule has 1 aliphatic rings. The summed E-state index contributed by atoms with van der Waals surface area (Å²) in [5, 5.41) is 0. The maximum absolute atomic E-state index is 13.1. The van der Waals surface area contributed by atoms with E-state index in [9.17, 15) is 13.2 Å². The lowest BCUT2D eigenvalue weighted by Gasteiger charge is -2.29. The average molecular weight is 269 g/mol. The predicted molar refractivity (Wildman–Crippen MR) is 68.7 cm³/mol. The van der Waals surface area contributed by atoms with Crippen LogP contribution in [0.5, 0.6) is 0 Å². The molecule has 0 atom stereocenters. The summed E-state index contributed by atoms with van der Waals surface area (Å²) in [6.45, 7) is 0. The standard InChI is InChI=1S/C13H14F3N3/c14-13(15,16)11-7-12(18,19)6-5-10(11)8-1-3-9(17)4-2-8/h1-6H,7,17-19H2. The van der Waals surface area contributed by atoms with E-state index in [-0.39, 0.29) is 5.57 Å². The molecule has 19 heavy (non-hydrogen) atoms. The molecule has 6 N–H and O–H groups in total. The van der Waals surface area contributed by atoms with Crippen molar-refractivity contribution in [3.05, 3.63) is 47.6 Å². The monoisotopic (exact) mass is 269 g/mol.